The van der Waals surface area contributed by atoms with Gasteiger partial charge in [0, 0.05) is 10.9 Å². The number of aromatic amines is 1. The summed E-state index contributed by atoms with van der Waals surface area (Å²) in [5.74, 6) is -0.749. The van der Waals surface area contributed by atoms with Crippen LogP contribution in [0.25, 0.3) is 10.8 Å². The minimum absolute atomic E-state index is 0.195. The van der Waals surface area contributed by atoms with Gasteiger partial charge < -0.3 is 4.98 Å². The first-order valence-corrected chi connectivity index (χ1v) is 6.07. The van der Waals surface area contributed by atoms with Gasteiger partial charge in [-0.1, -0.05) is 18.2 Å². The molecule has 3 nitrogen and oxygen atoms in total. The summed E-state index contributed by atoms with van der Waals surface area (Å²) in [6.07, 6.45) is 0. The van der Waals surface area contributed by atoms with Gasteiger partial charge in [0.05, 0.1) is 5.69 Å². The van der Waals surface area contributed by atoms with Crippen molar-refractivity contribution in [1.29, 1.82) is 0 Å². The molecule has 0 amide bonds. The normalized spacial score (nSPS) is 10.7. The zero-order valence-corrected chi connectivity index (χ0v) is 10.4. The highest BCUT2D eigenvalue weighted by Gasteiger charge is 2.11. The molecule has 98 valence electrons. The molecule has 3 aromatic rings. The summed E-state index contributed by atoms with van der Waals surface area (Å²) in [6, 6.07) is 13.9. The van der Waals surface area contributed by atoms with Gasteiger partial charge in [-0.15, -0.1) is 0 Å². The van der Waals surface area contributed by atoms with Crippen molar-refractivity contribution in [2.75, 3.05) is 0 Å². The Hall–Kier alpha value is -2.75. The van der Waals surface area contributed by atoms with E-state index in [1.165, 1.54) is 24.3 Å². The third-order valence-corrected chi connectivity index (χ3v) is 3.10. The van der Waals surface area contributed by atoms with Crippen molar-refractivity contribution in [3.8, 4) is 0 Å². The van der Waals surface area contributed by atoms with E-state index >= 15 is 0 Å². The minimum atomic E-state index is -0.409. The molecule has 2 aromatic carbocycles. The monoisotopic (exact) mass is 267 g/mol. The first kappa shape index (κ1) is 12.3. The zero-order valence-electron chi connectivity index (χ0n) is 10.4. The standard InChI is InChI=1S/C16H10FNO2/c17-12-7-5-10(6-8-12)15(19)14-9-11-3-1-2-4-13(11)16(20)18-14/h1-9H,(H,18,20). The van der Waals surface area contributed by atoms with Crippen LogP contribution in [0.5, 0.6) is 0 Å². The van der Waals surface area contributed by atoms with E-state index in [1.54, 1.807) is 30.3 Å². The molecule has 0 bridgehead atoms. The van der Waals surface area contributed by atoms with Crippen molar-refractivity contribution in [3.63, 3.8) is 0 Å². The lowest BCUT2D eigenvalue weighted by molar-refractivity contribution is 0.103. The van der Waals surface area contributed by atoms with Crippen LogP contribution in [-0.4, -0.2) is 10.8 Å². The number of hydrogen-bond acceptors (Lipinski definition) is 2. The Kier molecular flexibility index (Phi) is 2.91. The summed E-state index contributed by atoms with van der Waals surface area (Å²) in [7, 11) is 0. The molecule has 0 radical (unpaired) electrons. The van der Waals surface area contributed by atoms with Crippen LogP contribution in [0.2, 0.25) is 0 Å². The van der Waals surface area contributed by atoms with E-state index in [0.29, 0.717) is 16.3 Å². The molecule has 1 N–H and O–H groups in total. The summed E-state index contributed by atoms with van der Waals surface area (Å²) in [5, 5.41) is 1.23. The molecule has 0 aliphatic heterocycles. The maximum atomic E-state index is 12.9. The van der Waals surface area contributed by atoms with Crippen molar-refractivity contribution in [2.24, 2.45) is 0 Å². The van der Waals surface area contributed by atoms with Crippen LogP contribution in [0, 0.1) is 5.82 Å². The van der Waals surface area contributed by atoms with Crippen molar-refractivity contribution in [3.05, 3.63) is 82.0 Å². The fraction of sp³-hybridized carbons (Fsp3) is 0. The number of carbonyl (C=O) groups is 1. The Bertz CT molecular complexity index is 850. The van der Waals surface area contributed by atoms with Gasteiger partial charge in [0.1, 0.15) is 5.82 Å². The molecule has 0 fully saturated rings. The summed E-state index contributed by atoms with van der Waals surface area (Å²) in [6.45, 7) is 0. The number of pyridine rings is 1. The molecule has 4 heteroatoms. The molecule has 0 aliphatic rings. The van der Waals surface area contributed by atoms with Crippen LogP contribution in [0.1, 0.15) is 16.1 Å². The van der Waals surface area contributed by atoms with Gasteiger partial charge in [-0.2, -0.15) is 0 Å². The number of fused-ring (bicyclic) bond motifs is 1. The maximum Gasteiger partial charge on any atom is 0.256 e. The topological polar surface area (TPSA) is 49.9 Å². The predicted molar refractivity (Wildman–Crippen MR) is 74.4 cm³/mol. The highest BCUT2D eigenvalue weighted by atomic mass is 19.1. The quantitative estimate of drug-likeness (QED) is 0.726. The second-order valence-corrected chi connectivity index (χ2v) is 4.44. The van der Waals surface area contributed by atoms with E-state index < -0.39 is 5.82 Å². The molecular weight excluding hydrogens is 257 g/mol. The molecule has 1 aromatic heterocycles. The fourth-order valence-electron chi connectivity index (χ4n) is 2.09. The average molecular weight is 267 g/mol. The van der Waals surface area contributed by atoms with Gasteiger partial charge >= 0.3 is 0 Å². The van der Waals surface area contributed by atoms with Crippen LogP contribution in [0.4, 0.5) is 4.39 Å². The Morgan fingerprint density at radius 3 is 2.45 bits per heavy atom. The molecule has 0 unspecified atom stereocenters. The van der Waals surface area contributed by atoms with Crippen molar-refractivity contribution < 1.29 is 9.18 Å². The number of halogens is 1. The zero-order chi connectivity index (χ0) is 14.1. The number of carbonyl (C=O) groups excluding carboxylic acids is 1. The molecule has 0 spiro atoms. The largest absolute Gasteiger partial charge is 0.319 e. The number of rotatable bonds is 2. The van der Waals surface area contributed by atoms with Gasteiger partial charge in [0.25, 0.3) is 5.56 Å². The third-order valence-electron chi connectivity index (χ3n) is 3.10. The summed E-state index contributed by atoms with van der Waals surface area (Å²) >= 11 is 0. The number of aromatic nitrogens is 1. The van der Waals surface area contributed by atoms with Crippen LogP contribution >= 0.6 is 0 Å². The Morgan fingerprint density at radius 2 is 1.70 bits per heavy atom. The summed E-state index contributed by atoms with van der Waals surface area (Å²) in [4.78, 5) is 26.7. The van der Waals surface area contributed by atoms with Gasteiger partial charge in [-0.25, -0.2) is 4.39 Å². The SMILES string of the molecule is O=C(c1ccc(F)cc1)c1cc2ccccc2c(=O)[nH]1. The molecule has 1 heterocycles. The van der Waals surface area contributed by atoms with E-state index in [1.807, 2.05) is 0 Å². The number of ketones is 1. The van der Waals surface area contributed by atoms with Gasteiger partial charge in [-0.05, 0) is 41.8 Å². The third kappa shape index (κ3) is 2.12. The highest BCUT2D eigenvalue weighted by molar-refractivity contribution is 6.09. The first-order chi connectivity index (χ1) is 9.65. The minimum Gasteiger partial charge on any atom is -0.319 e. The number of H-pyrrole nitrogens is 1. The lowest BCUT2D eigenvalue weighted by atomic mass is 10.1. The van der Waals surface area contributed by atoms with E-state index in [0.717, 1.165) is 0 Å². The van der Waals surface area contributed by atoms with Crippen molar-refractivity contribution >= 4 is 16.6 Å². The van der Waals surface area contributed by atoms with E-state index in [4.69, 9.17) is 0 Å². The predicted octanol–water partition coefficient (Wildman–Crippen LogP) is 2.90. The lowest BCUT2D eigenvalue weighted by Gasteiger charge is -2.03. The highest BCUT2D eigenvalue weighted by Crippen LogP contribution is 2.13. The second-order valence-electron chi connectivity index (χ2n) is 4.44. The smallest absolute Gasteiger partial charge is 0.256 e. The molecule has 0 saturated heterocycles. The molecule has 0 saturated carbocycles. The fourth-order valence-corrected chi connectivity index (χ4v) is 2.09. The molecule has 0 aliphatic carbocycles. The van der Waals surface area contributed by atoms with Crippen LogP contribution in [0.15, 0.2) is 59.4 Å². The van der Waals surface area contributed by atoms with Gasteiger partial charge in [0.15, 0.2) is 0 Å². The van der Waals surface area contributed by atoms with Crippen LogP contribution < -0.4 is 5.56 Å². The van der Waals surface area contributed by atoms with Crippen LogP contribution in [-0.2, 0) is 0 Å². The molecule has 20 heavy (non-hydrogen) atoms. The van der Waals surface area contributed by atoms with Gasteiger partial charge in [-0.3, -0.25) is 9.59 Å². The molecule has 3 rings (SSSR count). The van der Waals surface area contributed by atoms with E-state index in [-0.39, 0.29) is 17.0 Å². The number of hydrogen-bond donors (Lipinski definition) is 1. The van der Waals surface area contributed by atoms with E-state index in [9.17, 15) is 14.0 Å². The molecule has 0 atom stereocenters. The van der Waals surface area contributed by atoms with Gasteiger partial charge in [0.2, 0.25) is 5.78 Å². The van der Waals surface area contributed by atoms with Crippen molar-refractivity contribution in [1.82, 2.24) is 4.98 Å². The maximum absolute atomic E-state index is 12.9. The van der Waals surface area contributed by atoms with E-state index in [2.05, 4.69) is 4.98 Å². The summed E-state index contributed by atoms with van der Waals surface area (Å²) < 4.78 is 12.9. The lowest BCUT2D eigenvalue weighted by Crippen LogP contribution is -2.13. The summed E-state index contributed by atoms with van der Waals surface area (Å²) in [5.41, 5.74) is 0.214. The van der Waals surface area contributed by atoms with Crippen LogP contribution in [0.3, 0.4) is 0 Å². The average Bonchev–Trinajstić information content (AvgIpc) is 2.47. The Labute approximate surface area is 113 Å². The Balaban J connectivity index is 2.12. The van der Waals surface area contributed by atoms with Crippen molar-refractivity contribution in [2.45, 2.75) is 0 Å². The molecular formula is C16H10FNO2. The second kappa shape index (κ2) is 4.74. The Morgan fingerprint density at radius 1 is 1.00 bits per heavy atom. The number of nitrogens with one attached hydrogen (secondary N) is 1. The number of benzene rings is 2. The first-order valence-electron chi connectivity index (χ1n) is 6.07.